The molecule has 0 spiro atoms. The molecule has 1 aromatic rings. The Labute approximate surface area is 143 Å². The van der Waals surface area contributed by atoms with E-state index in [9.17, 15) is 31.5 Å². The Bertz CT molecular complexity index is 705. The maximum Gasteiger partial charge on any atom is 0.434 e. The van der Waals surface area contributed by atoms with Crippen LogP contribution in [0.1, 0.15) is 51.4 Å². The topological polar surface area (TPSA) is 68.3 Å². The zero-order chi connectivity index (χ0) is 18.9. The highest BCUT2D eigenvalue weighted by atomic mass is 32.2. The van der Waals surface area contributed by atoms with Crippen LogP contribution in [0.15, 0.2) is 0 Å². The van der Waals surface area contributed by atoms with Crippen molar-refractivity contribution in [1.29, 1.82) is 0 Å². The van der Waals surface area contributed by atoms with Crippen LogP contribution in [0.5, 0.6) is 0 Å². The van der Waals surface area contributed by atoms with Crippen LogP contribution in [0.25, 0.3) is 0 Å². The van der Waals surface area contributed by atoms with E-state index in [0.29, 0.717) is 24.6 Å². The fourth-order valence-electron chi connectivity index (χ4n) is 2.15. The molecule has 1 N–H and O–H groups in total. The average molecular weight is 384 g/mol. The Balaban J connectivity index is 2.89. The van der Waals surface area contributed by atoms with Gasteiger partial charge in [0.25, 0.3) is 6.43 Å². The van der Waals surface area contributed by atoms with Crippen LogP contribution in [0, 0.1) is 0 Å². The number of ether oxygens (including phenoxy) is 1. The van der Waals surface area contributed by atoms with E-state index in [-0.39, 0.29) is 6.04 Å². The summed E-state index contributed by atoms with van der Waals surface area (Å²) >= 11 is 0.454. The first-order valence-corrected chi connectivity index (χ1v) is 8.20. The van der Waals surface area contributed by atoms with Gasteiger partial charge in [-0.15, -0.1) is 0 Å². The maximum atomic E-state index is 13.3. The number of carbonyl (C=O) groups is 2. The fraction of sp³-hybridized carbons (Fsp3) is 0.500. The van der Waals surface area contributed by atoms with Crippen molar-refractivity contribution >= 4 is 28.5 Å². The summed E-state index contributed by atoms with van der Waals surface area (Å²) in [7, 11) is 0.895. The van der Waals surface area contributed by atoms with Gasteiger partial charge >= 0.3 is 12.1 Å². The summed E-state index contributed by atoms with van der Waals surface area (Å²) in [5, 5.41) is 1.54. The molecule has 0 amide bonds. The van der Waals surface area contributed by atoms with E-state index in [2.05, 4.69) is 15.0 Å². The molecule has 2 rings (SSSR count). The lowest BCUT2D eigenvalue weighted by Gasteiger charge is -2.21. The molecular formula is C14H13F5N2O3S. The van der Waals surface area contributed by atoms with Crippen LogP contribution < -0.4 is 5.32 Å². The predicted octanol–water partition coefficient (Wildman–Crippen LogP) is 3.90. The van der Waals surface area contributed by atoms with Crippen molar-refractivity contribution in [3.05, 3.63) is 22.5 Å². The second kappa shape index (κ2) is 7.14. The van der Waals surface area contributed by atoms with Crippen LogP contribution in [0.3, 0.4) is 0 Å². The number of anilines is 1. The molecule has 25 heavy (non-hydrogen) atoms. The number of halogens is 5. The van der Waals surface area contributed by atoms with Gasteiger partial charge in [-0.1, -0.05) is 11.8 Å². The molecule has 0 atom stereocenters. The fourth-order valence-corrected chi connectivity index (χ4v) is 2.56. The lowest BCUT2D eigenvalue weighted by molar-refractivity contribution is -0.141. The Hall–Kier alpha value is -1.91. The third-order valence-electron chi connectivity index (χ3n) is 3.41. The van der Waals surface area contributed by atoms with Gasteiger partial charge in [-0.3, -0.25) is 4.79 Å². The molecule has 1 saturated carbocycles. The Kier molecular flexibility index (Phi) is 5.55. The summed E-state index contributed by atoms with van der Waals surface area (Å²) in [5.41, 5.74) is -5.53. The van der Waals surface area contributed by atoms with Crippen molar-refractivity contribution in [2.24, 2.45) is 0 Å². The van der Waals surface area contributed by atoms with Crippen LogP contribution in [0.4, 0.5) is 27.6 Å². The summed E-state index contributed by atoms with van der Waals surface area (Å²) in [6.07, 6.45) is -6.24. The van der Waals surface area contributed by atoms with E-state index < -0.39 is 51.9 Å². The van der Waals surface area contributed by atoms with Gasteiger partial charge in [0.1, 0.15) is 11.3 Å². The van der Waals surface area contributed by atoms with Gasteiger partial charge in [0.05, 0.1) is 18.4 Å². The Morgan fingerprint density at radius 1 is 1.28 bits per heavy atom. The van der Waals surface area contributed by atoms with E-state index >= 15 is 0 Å². The minimum Gasteiger partial charge on any atom is -0.465 e. The number of methoxy groups -OCH3 is 1. The lowest BCUT2D eigenvalue weighted by Crippen LogP contribution is -2.24. The van der Waals surface area contributed by atoms with Gasteiger partial charge < -0.3 is 10.1 Å². The molecule has 1 fully saturated rings. The van der Waals surface area contributed by atoms with Crippen molar-refractivity contribution in [3.8, 4) is 0 Å². The summed E-state index contributed by atoms with van der Waals surface area (Å²) in [6, 6.07) is -0.314. The first kappa shape index (κ1) is 19.4. The molecule has 0 unspecified atom stereocenters. The van der Waals surface area contributed by atoms with Gasteiger partial charge in [0.15, 0.2) is 5.69 Å². The lowest BCUT2D eigenvalue weighted by atomic mass is 10.0. The number of esters is 1. The van der Waals surface area contributed by atoms with E-state index in [0.717, 1.165) is 7.11 Å². The number of thioether (sulfide) groups is 1. The maximum absolute atomic E-state index is 13.3. The summed E-state index contributed by atoms with van der Waals surface area (Å²) < 4.78 is 71.0. The Morgan fingerprint density at radius 2 is 1.88 bits per heavy atom. The predicted molar refractivity (Wildman–Crippen MR) is 80.0 cm³/mol. The number of nitrogens with zero attached hydrogens (tertiary/aromatic N) is 1. The molecule has 0 radical (unpaired) electrons. The molecule has 5 nitrogen and oxygen atoms in total. The van der Waals surface area contributed by atoms with Crippen molar-refractivity contribution in [2.45, 2.75) is 31.5 Å². The zero-order valence-corrected chi connectivity index (χ0v) is 13.9. The molecule has 138 valence electrons. The van der Waals surface area contributed by atoms with Gasteiger partial charge in [0, 0.05) is 6.04 Å². The van der Waals surface area contributed by atoms with Crippen molar-refractivity contribution in [2.75, 3.05) is 18.7 Å². The third-order valence-corrected chi connectivity index (χ3v) is 3.98. The first-order valence-electron chi connectivity index (χ1n) is 6.98. The summed E-state index contributed by atoms with van der Waals surface area (Å²) in [6.45, 7) is 0. The van der Waals surface area contributed by atoms with E-state index in [1.54, 1.807) is 0 Å². The minimum atomic E-state index is -5.15. The van der Waals surface area contributed by atoms with Crippen molar-refractivity contribution in [3.63, 3.8) is 0 Å². The number of rotatable bonds is 5. The van der Waals surface area contributed by atoms with Crippen molar-refractivity contribution in [1.82, 2.24) is 4.98 Å². The van der Waals surface area contributed by atoms with E-state index in [1.165, 1.54) is 6.26 Å². The normalized spacial score (nSPS) is 14.6. The number of hydrogen-bond donors (Lipinski definition) is 1. The average Bonchev–Trinajstić information content (AvgIpc) is 3.35. The van der Waals surface area contributed by atoms with Crippen LogP contribution in [-0.4, -0.2) is 35.5 Å². The van der Waals surface area contributed by atoms with Gasteiger partial charge in [-0.25, -0.2) is 18.6 Å². The van der Waals surface area contributed by atoms with Crippen LogP contribution in [0.2, 0.25) is 0 Å². The van der Waals surface area contributed by atoms with E-state index in [4.69, 9.17) is 0 Å². The second-order valence-corrected chi connectivity index (χ2v) is 5.95. The molecule has 0 bridgehead atoms. The SMILES string of the molecule is COC(=O)c1c(C(F)F)nc(C(F)(F)F)c(C(=O)SC)c1NC1CC1. The number of hydrogen-bond acceptors (Lipinski definition) is 6. The molecule has 1 aromatic heterocycles. The molecule has 0 aromatic carbocycles. The highest BCUT2D eigenvalue weighted by Crippen LogP contribution is 2.42. The van der Waals surface area contributed by atoms with Crippen LogP contribution >= 0.6 is 11.8 Å². The summed E-state index contributed by atoms with van der Waals surface area (Å²) in [5.74, 6) is -1.30. The molecule has 1 aliphatic rings. The number of carbonyl (C=O) groups excluding carboxylic acids is 2. The Morgan fingerprint density at radius 3 is 2.28 bits per heavy atom. The first-order chi connectivity index (χ1) is 11.6. The van der Waals surface area contributed by atoms with Crippen LogP contribution in [-0.2, 0) is 10.9 Å². The smallest absolute Gasteiger partial charge is 0.434 e. The zero-order valence-electron chi connectivity index (χ0n) is 13.0. The number of pyridine rings is 1. The number of alkyl halides is 5. The highest BCUT2D eigenvalue weighted by Gasteiger charge is 2.43. The molecule has 11 heteroatoms. The minimum absolute atomic E-state index is 0.314. The summed E-state index contributed by atoms with van der Waals surface area (Å²) in [4.78, 5) is 27.0. The molecule has 0 saturated heterocycles. The highest BCUT2D eigenvalue weighted by molar-refractivity contribution is 8.13. The molecule has 1 heterocycles. The van der Waals surface area contributed by atoms with Gasteiger partial charge in [-0.05, 0) is 19.1 Å². The van der Waals surface area contributed by atoms with E-state index in [1.807, 2.05) is 0 Å². The molecule has 0 aliphatic heterocycles. The number of nitrogens with one attached hydrogen (secondary N) is 1. The van der Waals surface area contributed by atoms with Gasteiger partial charge in [-0.2, -0.15) is 13.2 Å². The third kappa shape index (κ3) is 4.02. The monoisotopic (exact) mass is 384 g/mol. The largest absolute Gasteiger partial charge is 0.465 e. The number of aromatic nitrogens is 1. The quantitative estimate of drug-likeness (QED) is 0.613. The second-order valence-electron chi connectivity index (χ2n) is 5.17. The van der Waals surface area contributed by atoms with Crippen molar-refractivity contribution < 1.29 is 36.3 Å². The van der Waals surface area contributed by atoms with Gasteiger partial charge in [0.2, 0.25) is 5.12 Å². The standard InChI is InChI=1S/C14H13F5N2O3S/c1-24-12(22)6-8(20-5-3-4-5)7(13(23)25-2)10(14(17,18)19)21-9(6)11(15)16/h5,11H,3-4H2,1-2H3,(H,20,21). The molecular weight excluding hydrogens is 371 g/mol. The molecule has 1 aliphatic carbocycles.